The zero-order valence-corrected chi connectivity index (χ0v) is 10.1. The van der Waals surface area contributed by atoms with Crippen molar-refractivity contribution in [1.29, 1.82) is 0 Å². The molecule has 0 saturated carbocycles. The van der Waals surface area contributed by atoms with Gasteiger partial charge in [-0.2, -0.15) is 13.2 Å². The van der Waals surface area contributed by atoms with Crippen molar-refractivity contribution in [1.82, 2.24) is 0 Å². The highest BCUT2D eigenvalue weighted by Crippen LogP contribution is 2.32. The molecule has 0 atom stereocenters. The first-order chi connectivity index (χ1) is 8.45. The van der Waals surface area contributed by atoms with Crippen molar-refractivity contribution in [2.45, 2.75) is 25.4 Å². The smallest absolute Gasteiger partial charge is 0.384 e. The van der Waals surface area contributed by atoms with Crippen LogP contribution in [0.5, 0.6) is 0 Å². The number of aryl methyl sites for hydroxylation is 1. The maximum atomic E-state index is 12.7. The molecule has 0 spiro atoms. The fourth-order valence-corrected chi connectivity index (χ4v) is 1.63. The Morgan fingerprint density at radius 2 is 1.89 bits per heavy atom. The summed E-state index contributed by atoms with van der Waals surface area (Å²) in [5.74, 6) is -0.0890. The molecular weight excluding hydrogens is 245 g/mol. The molecule has 1 rings (SSSR count). The topological polar surface area (TPSA) is 26.3 Å². The molecule has 5 heteroatoms. The van der Waals surface area contributed by atoms with Crippen LogP contribution in [0.4, 0.5) is 13.2 Å². The minimum Gasteiger partial charge on any atom is -0.384 e. The van der Waals surface area contributed by atoms with Gasteiger partial charge in [-0.25, -0.2) is 0 Å². The van der Waals surface area contributed by atoms with Gasteiger partial charge in [-0.1, -0.05) is 18.2 Å². The molecular formula is C13H15F3O2. The molecule has 18 heavy (non-hydrogen) atoms. The van der Waals surface area contributed by atoms with Crippen LogP contribution in [0.25, 0.3) is 0 Å². The van der Waals surface area contributed by atoms with Gasteiger partial charge >= 0.3 is 6.18 Å². The number of hydrogen-bond donors (Lipinski definition) is 0. The summed E-state index contributed by atoms with van der Waals surface area (Å²) in [4.78, 5) is 11.4. The molecule has 0 heterocycles. The standard InChI is InChI=1S/C13H15F3O2/c1-18-9-8-11(17)7-6-10-4-2-3-5-12(10)13(14,15)16/h2-5H,6-9H2,1H3. The van der Waals surface area contributed by atoms with Gasteiger partial charge in [0.05, 0.1) is 12.2 Å². The van der Waals surface area contributed by atoms with Crippen molar-refractivity contribution in [2.75, 3.05) is 13.7 Å². The Balaban J connectivity index is 2.65. The van der Waals surface area contributed by atoms with E-state index in [1.807, 2.05) is 0 Å². The molecule has 1 aromatic rings. The molecule has 0 N–H and O–H groups in total. The third-order valence-corrected chi connectivity index (χ3v) is 2.58. The fraction of sp³-hybridized carbons (Fsp3) is 0.462. The van der Waals surface area contributed by atoms with Crippen molar-refractivity contribution >= 4 is 5.78 Å². The number of methoxy groups -OCH3 is 1. The van der Waals surface area contributed by atoms with Crippen LogP contribution in [0.2, 0.25) is 0 Å². The largest absolute Gasteiger partial charge is 0.416 e. The number of benzene rings is 1. The number of carbonyl (C=O) groups is 1. The molecule has 0 amide bonds. The lowest BCUT2D eigenvalue weighted by atomic mass is 10.0. The van der Waals surface area contributed by atoms with Gasteiger partial charge in [0, 0.05) is 20.0 Å². The summed E-state index contributed by atoms with van der Waals surface area (Å²) in [7, 11) is 1.48. The highest BCUT2D eigenvalue weighted by molar-refractivity contribution is 5.78. The average molecular weight is 260 g/mol. The van der Waals surface area contributed by atoms with E-state index in [-0.39, 0.29) is 30.6 Å². The van der Waals surface area contributed by atoms with Crippen LogP contribution >= 0.6 is 0 Å². The number of ether oxygens (including phenoxy) is 1. The molecule has 0 aliphatic rings. The van der Waals surface area contributed by atoms with Crippen LogP contribution in [0, 0.1) is 0 Å². The summed E-state index contributed by atoms with van der Waals surface area (Å²) < 4.78 is 42.8. The Morgan fingerprint density at radius 1 is 1.22 bits per heavy atom. The van der Waals surface area contributed by atoms with Gasteiger partial charge in [-0.15, -0.1) is 0 Å². The van der Waals surface area contributed by atoms with Crippen molar-refractivity contribution in [3.8, 4) is 0 Å². The number of halogens is 3. The SMILES string of the molecule is COCCC(=O)CCc1ccccc1C(F)(F)F. The molecule has 0 aromatic heterocycles. The van der Waals surface area contributed by atoms with E-state index in [9.17, 15) is 18.0 Å². The highest BCUT2D eigenvalue weighted by atomic mass is 19.4. The van der Waals surface area contributed by atoms with Crippen LogP contribution in [-0.2, 0) is 22.1 Å². The predicted molar refractivity (Wildman–Crippen MR) is 61.3 cm³/mol. The second-order valence-corrected chi connectivity index (χ2v) is 3.94. The van der Waals surface area contributed by atoms with E-state index in [1.54, 1.807) is 6.07 Å². The zero-order chi connectivity index (χ0) is 13.6. The number of carbonyl (C=O) groups excluding carboxylic acids is 1. The highest BCUT2D eigenvalue weighted by Gasteiger charge is 2.32. The van der Waals surface area contributed by atoms with E-state index >= 15 is 0 Å². The molecule has 0 aliphatic carbocycles. The van der Waals surface area contributed by atoms with Gasteiger partial charge in [0.15, 0.2) is 0 Å². The van der Waals surface area contributed by atoms with E-state index in [2.05, 4.69) is 0 Å². The maximum Gasteiger partial charge on any atom is 0.416 e. The predicted octanol–water partition coefficient (Wildman–Crippen LogP) is 3.24. The van der Waals surface area contributed by atoms with E-state index in [0.717, 1.165) is 6.07 Å². The number of rotatable bonds is 6. The first-order valence-electron chi connectivity index (χ1n) is 5.61. The zero-order valence-electron chi connectivity index (χ0n) is 10.1. The van der Waals surface area contributed by atoms with Crippen LogP contribution in [-0.4, -0.2) is 19.5 Å². The Hall–Kier alpha value is -1.36. The van der Waals surface area contributed by atoms with Gasteiger partial charge < -0.3 is 4.74 Å². The van der Waals surface area contributed by atoms with E-state index in [1.165, 1.54) is 19.2 Å². The quantitative estimate of drug-likeness (QED) is 0.784. The van der Waals surface area contributed by atoms with Gasteiger partial charge in [0.1, 0.15) is 5.78 Å². The summed E-state index contributed by atoms with van der Waals surface area (Å²) in [6, 6.07) is 5.34. The Morgan fingerprint density at radius 3 is 2.50 bits per heavy atom. The minimum atomic E-state index is -4.37. The first kappa shape index (κ1) is 14.7. The van der Waals surface area contributed by atoms with E-state index in [4.69, 9.17) is 4.74 Å². The maximum absolute atomic E-state index is 12.7. The van der Waals surface area contributed by atoms with Crippen LogP contribution in [0.15, 0.2) is 24.3 Å². The Bertz CT molecular complexity index is 399. The van der Waals surface area contributed by atoms with Crippen LogP contribution < -0.4 is 0 Å². The monoisotopic (exact) mass is 260 g/mol. The van der Waals surface area contributed by atoms with Crippen molar-refractivity contribution in [3.05, 3.63) is 35.4 Å². The second kappa shape index (κ2) is 6.54. The van der Waals surface area contributed by atoms with Crippen molar-refractivity contribution < 1.29 is 22.7 Å². The molecule has 1 aromatic carbocycles. The molecule has 0 radical (unpaired) electrons. The average Bonchev–Trinajstić information content (AvgIpc) is 2.33. The lowest BCUT2D eigenvalue weighted by Crippen LogP contribution is -2.11. The van der Waals surface area contributed by atoms with E-state index < -0.39 is 11.7 Å². The van der Waals surface area contributed by atoms with Crippen LogP contribution in [0.3, 0.4) is 0 Å². The molecule has 100 valence electrons. The van der Waals surface area contributed by atoms with Gasteiger partial charge in [0.25, 0.3) is 0 Å². The molecule has 0 saturated heterocycles. The normalized spacial score (nSPS) is 11.6. The Kier molecular flexibility index (Phi) is 5.34. The number of ketones is 1. The summed E-state index contributed by atoms with van der Waals surface area (Å²) in [6.45, 7) is 0.305. The van der Waals surface area contributed by atoms with Crippen molar-refractivity contribution in [3.63, 3.8) is 0 Å². The second-order valence-electron chi connectivity index (χ2n) is 3.94. The number of hydrogen-bond acceptors (Lipinski definition) is 2. The lowest BCUT2D eigenvalue weighted by Gasteiger charge is -2.12. The third-order valence-electron chi connectivity index (χ3n) is 2.58. The van der Waals surface area contributed by atoms with Gasteiger partial charge in [0.2, 0.25) is 0 Å². The Labute approximate surface area is 104 Å². The number of alkyl halides is 3. The number of Topliss-reactive ketones (excluding diaryl/α,β-unsaturated/α-hetero) is 1. The molecule has 0 aliphatic heterocycles. The lowest BCUT2D eigenvalue weighted by molar-refractivity contribution is -0.138. The molecule has 0 fully saturated rings. The van der Waals surface area contributed by atoms with E-state index in [0.29, 0.717) is 6.61 Å². The fourth-order valence-electron chi connectivity index (χ4n) is 1.63. The molecule has 0 unspecified atom stereocenters. The van der Waals surface area contributed by atoms with Gasteiger partial charge in [-0.05, 0) is 18.1 Å². The first-order valence-corrected chi connectivity index (χ1v) is 5.61. The molecule has 2 nitrogen and oxygen atoms in total. The summed E-state index contributed by atoms with van der Waals surface area (Å²) in [6.07, 6.45) is -3.91. The van der Waals surface area contributed by atoms with Crippen LogP contribution in [0.1, 0.15) is 24.0 Å². The summed E-state index contributed by atoms with van der Waals surface area (Å²) in [5.41, 5.74) is -0.500. The summed E-state index contributed by atoms with van der Waals surface area (Å²) in [5, 5.41) is 0. The third kappa shape index (κ3) is 4.49. The summed E-state index contributed by atoms with van der Waals surface area (Å²) >= 11 is 0. The minimum absolute atomic E-state index is 0.0890. The molecule has 0 bridgehead atoms. The van der Waals surface area contributed by atoms with Crippen molar-refractivity contribution in [2.24, 2.45) is 0 Å². The van der Waals surface area contributed by atoms with Gasteiger partial charge in [-0.3, -0.25) is 4.79 Å².